The van der Waals surface area contributed by atoms with Crippen molar-refractivity contribution in [1.82, 2.24) is 5.32 Å². The topological polar surface area (TPSA) is 69.6 Å². The number of carbonyl (C=O) groups is 2. The molecule has 0 radical (unpaired) electrons. The lowest BCUT2D eigenvalue weighted by Crippen LogP contribution is -2.30. The number of hydrogen-bond acceptors (Lipinski definition) is 4. The molecule has 1 aliphatic rings. The van der Waals surface area contributed by atoms with Crippen molar-refractivity contribution < 1.29 is 14.7 Å². The van der Waals surface area contributed by atoms with Crippen molar-refractivity contribution in [3.8, 4) is 5.75 Å². The molecule has 0 spiro atoms. The van der Waals surface area contributed by atoms with Gasteiger partial charge in [0, 0.05) is 25.8 Å². The Morgan fingerprint density at radius 1 is 1.36 bits per heavy atom. The van der Waals surface area contributed by atoms with Crippen molar-refractivity contribution in [2.45, 2.75) is 6.42 Å². The zero-order chi connectivity index (χ0) is 15.7. The summed E-state index contributed by atoms with van der Waals surface area (Å²) in [6.07, 6.45) is 1.52. The van der Waals surface area contributed by atoms with Crippen LogP contribution in [0, 0.1) is 5.92 Å². The second-order valence-corrected chi connectivity index (χ2v) is 5.57. The summed E-state index contributed by atoms with van der Waals surface area (Å²) >= 11 is 0. The van der Waals surface area contributed by atoms with Crippen molar-refractivity contribution in [1.29, 1.82) is 0 Å². The Balaban J connectivity index is 1.92. The SMILES string of the molecule is CNC(=O)C1CCN(c2ccc3c(C=O)c(O)ccc3c2)C1. The number of benzene rings is 2. The highest BCUT2D eigenvalue weighted by atomic mass is 16.3. The lowest BCUT2D eigenvalue weighted by molar-refractivity contribution is -0.123. The number of amides is 1. The van der Waals surface area contributed by atoms with Gasteiger partial charge in [-0.15, -0.1) is 0 Å². The van der Waals surface area contributed by atoms with E-state index in [4.69, 9.17) is 0 Å². The van der Waals surface area contributed by atoms with Crippen LogP contribution in [0.2, 0.25) is 0 Å². The number of fused-ring (bicyclic) bond motifs is 1. The average molecular weight is 298 g/mol. The Bertz CT molecular complexity index is 742. The van der Waals surface area contributed by atoms with Gasteiger partial charge in [0.25, 0.3) is 0 Å². The molecule has 1 aliphatic heterocycles. The highest BCUT2D eigenvalue weighted by Gasteiger charge is 2.27. The van der Waals surface area contributed by atoms with E-state index < -0.39 is 0 Å². The number of phenols is 1. The first-order valence-corrected chi connectivity index (χ1v) is 7.31. The molecule has 0 aliphatic carbocycles. The smallest absolute Gasteiger partial charge is 0.224 e. The minimum atomic E-state index is -0.00361. The second kappa shape index (κ2) is 5.67. The number of hydrogen-bond donors (Lipinski definition) is 2. The quantitative estimate of drug-likeness (QED) is 0.850. The summed E-state index contributed by atoms with van der Waals surface area (Å²) in [7, 11) is 1.66. The number of nitrogens with one attached hydrogen (secondary N) is 1. The van der Waals surface area contributed by atoms with Crippen LogP contribution in [0.5, 0.6) is 5.75 Å². The molecule has 3 rings (SSSR count). The number of rotatable bonds is 3. The summed E-state index contributed by atoms with van der Waals surface area (Å²) in [4.78, 5) is 25.0. The lowest BCUT2D eigenvalue weighted by atomic mass is 10.0. The summed E-state index contributed by atoms with van der Waals surface area (Å²) in [5.41, 5.74) is 1.34. The summed E-state index contributed by atoms with van der Waals surface area (Å²) in [5.74, 6) is 0.0959. The molecule has 5 heteroatoms. The van der Waals surface area contributed by atoms with E-state index in [1.807, 2.05) is 18.2 Å². The van der Waals surface area contributed by atoms with Crippen LogP contribution in [0.25, 0.3) is 10.8 Å². The van der Waals surface area contributed by atoms with Crippen LogP contribution < -0.4 is 10.2 Å². The maximum Gasteiger partial charge on any atom is 0.224 e. The van der Waals surface area contributed by atoms with Gasteiger partial charge in [-0.05, 0) is 35.4 Å². The van der Waals surface area contributed by atoms with E-state index in [-0.39, 0.29) is 17.6 Å². The molecule has 1 fully saturated rings. The predicted molar refractivity (Wildman–Crippen MR) is 85.4 cm³/mol. The molecule has 1 saturated heterocycles. The van der Waals surface area contributed by atoms with Crippen molar-refractivity contribution in [3.63, 3.8) is 0 Å². The molecule has 1 amide bonds. The highest BCUT2D eigenvalue weighted by Crippen LogP contribution is 2.31. The third-order valence-electron chi connectivity index (χ3n) is 4.31. The molecule has 0 aromatic heterocycles. The lowest BCUT2D eigenvalue weighted by Gasteiger charge is -2.19. The minimum absolute atomic E-state index is 0.00361. The normalized spacial score (nSPS) is 17.7. The third-order valence-corrected chi connectivity index (χ3v) is 4.31. The number of phenolic OH excluding ortho intramolecular Hbond substituents is 1. The van der Waals surface area contributed by atoms with Crippen LogP contribution in [0.4, 0.5) is 5.69 Å². The number of nitrogens with zero attached hydrogens (tertiary/aromatic N) is 1. The Morgan fingerprint density at radius 3 is 2.91 bits per heavy atom. The molecular weight excluding hydrogens is 280 g/mol. The van der Waals surface area contributed by atoms with Gasteiger partial charge in [-0.3, -0.25) is 9.59 Å². The monoisotopic (exact) mass is 298 g/mol. The summed E-state index contributed by atoms with van der Waals surface area (Å²) in [6, 6.07) is 9.11. The van der Waals surface area contributed by atoms with E-state index in [0.29, 0.717) is 18.4 Å². The van der Waals surface area contributed by atoms with E-state index in [0.717, 1.165) is 29.4 Å². The van der Waals surface area contributed by atoms with E-state index in [2.05, 4.69) is 10.2 Å². The van der Waals surface area contributed by atoms with Crippen molar-refractivity contribution in [2.24, 2.45) is 5.92 Å². The van der Waals surface area contributed by atoms with Gasteiger partial charge in [-0.1, -0.05) is 12.1 Å². The molecular formula is C17H18N2O3. The first-order chi connectivity index (χ1) is 10.6. The summed E-state index contributed by atoms with van der Waals surface area (Å²) in [6.45, 7) is 1.53. The van der Waals surface area contributed by atoms with Gasteiger partial charge in [0.15, 0.2) is 6.29 Å². The predicted octanol–water partition coefficient (Wildman–Crippen LogP) is 1.93. The second-order valence-electron chi connectivity index (χ2n) is 5.57. The molecule has 1 unspecified atom stereocenters. The Morgan fingerprint density at radius 2 is 2.18 bits per heavy atom. The van der Waals surface area contributed by atoms with Crippen molar-refractivity contribution in [2.75, 3.05) is 25.0 Å². The van der Waals surface area contributed by atoms with Crippen LogP contribution in [0.15, 0.2) is 30.3 Å². The highest BCUT2D eigenvalue weighted by molar-refractivity contribution is 6.01. The van der Waals surface area contributed by atoms with Gasteiger partial charge in [-0.25, -0.2) is 0 Å². The minimum Gasteiger partial charge on any atom is -0.507 e. The van der Waals surface area contributed by atoms with Crippen LogP contribution in [-0.2, 0) is 4.79 Å². The van der Waals surface area contributed by atoms with Gasteiger partial charge >= 0.3 is 0 Å². The van der Waals surface area contributed by atoms with Crippen LogP contribution in [-0.4, -0.2) is 37.4 Å². The number of aromatic hydroxyl groups is 1. The first-order valence-electron chi connectivity index (χ1n) is 7.31. The molecule has 1 atom stereocenters. The number of aldehydes is 1. The van der Waals surface area contributed by atoms with E-state index >= 15 is 0 Å². The molecule has 114 valence electrons. The fourth-order valence-corrected chi connectivity index (χ4v) is 3.06. The van der Waals surface area contributed by atoms with E-state index in [1.54, 1.807) is 13.1 Å². The molecule has 2 aromatic rings. The number of carbonyl (C=O) groups excluding carboxylic acids is 2. The standard InChI is InChI=1S/C17H18N2O3/c1-18-17(22)12-6-7-19(9-12)13-3-4-14-11(8-13)2-5-16(21)15(14)10-20/h2-5,8,10,12,21H,6-7,9H2,1H3,(H,18,22). The summed E-state index contributed by atoms with van der Waals surface area (Å²) in [5, 5.41) is 14.1. The fourth-order valence-electron chi connectivity index (χ4n) is 3.06. The molecule has 1 heterocycles. The molecule has 0 bridgehead atoms. The Kier molecular flexibility index (Phi) is 3.71. The first kappa shape index (κ1) is 14.4. The van der Waals surface area contributed by atoms with Crippen molar-refractivity contribution >= 4 is 28.7 Å². The Labute approximate surface area is 128 Å². The van der Waals surface area contributed by atoms with Gasteiger partial charge in [0.2, 0.25) is 5.91 Å². The molecule has 5 nitrogen and oxygen atoms in total. The van der Waals surface area contributed by atoms with Crippen molar-refractivity contribution in [3.05, 3.63) is 35.9 Å². The van der Waals surface area contributed by atoms with Crippen LogP contribution in [0.1, 0.15) is 16.8 Å². The van der Waals surface area contributed by atoms with Crippen LogP contribution >= 0.6 is 0 Å². The Hall–Kier alpha value is -2.56. The van der Waals surface area contributed by atoms with E-state index in [1.165, 1.54) is 6.07 Å². The molecule has 0 saturated carbocycles. The van der Waals surface area contributed by atoms with E-state index in [9.17, 15) is 14.7 Å². The maximum absolute atomic E-state index is 11.7. The fraction of sp³-hybridized carbons (Fsp3) is 0.294. The van der Waals surface area contributed by atoms with Crippen LogP contribution in [0.3, 0.4) is 0 Å². The number of anilines is 1. The van der Waals surface area contributed by atoms with Gasteiger partial charge in [-0.2, -0.15) is 0 Å². The molecule has 22 heavy (non-hydrogen) atoms. The zero-order valence-corrected chi connectivity index (χ0v) is 12.4. The maximum atomic E-state index is 11.7. The molecule has 2 N–H and O–H groups in total. The zero-order valence-electron chi connectivity index (χ0n) is 12.4. The largest absolute Gasteiger partial charge is 0.507 e. The van der Waals surface area contributed by atoms with Gasteiger partial charge in [0.1, 0.15) is 5.75 Å². The van der Waals surface area contributed by atoms with Gasteiger partial charge in [0.05, 0.1) is 11.5 Å². The average Bonchev–Trinajstić information content (AvgIpc) is 3.03. The van der Waals surface area contributed by atoms with Gasteiger partial charge < -0.3 is 15.3 Å². The molecule has 2 aromatic carbocycles. The third kappa shape index (κ3) is 2.39. The summed E-state index contributed by atoms with van der Waals surface area (Å²) < 4.78 is 0.